The number of halogens is 2. The smallest absolute Gasteiger partial charge is 0.242 e. The van der Waals surface area contributed by atoms with Crippen LogP contribution in [-0.4, -0.2) is 29.6 Å². The van der Waals surface area contributed by atoms with Crippen molar-refractivity contribution >= 4 is 80.5 Å². The predicted octanol–water partition coefficient (Wildman–Crippen LogP) is 5.96. The number of rotatable bonds is 5. The Morgan fingerprint density at radius 3 is 2.22 bits per heavy atom. The highest BCUT2D eigenvalue weighted by Crippen LogP contribution is 2.27. The summed E-state index contributed by atoms with van der Waals surface area (Å²) in [5.41, 5.74) is 9.78. The Hall–Kier alpha value is -3.99. The molecule has 5 rings (SSSR count). The summed E-state index contributed by atoms with van der Waals surface area (Å²) in [4.78, 5) is 17.6. The molecule has 0 bridgehead atoms. The maximum absolute atomic E-state index is 6.05. The molecule has 2 heterocycles. The summed E-state index contributed by atoms with van der Waals surface area (Å²) in [6, 6.07) is 20.4. The quantitative estimate of drug-likeness (QED) is 0.202. The summed E-state index contributed by atoms with van der Waals surface area (Å²) < 4.78 is 1.81. The number of nitrogens with one attached hydrogen (secondary N) is 3. The molecular weight excluding hydrogens is 517 g/mol. The zero-order valence-corrected chi connectivity index (χ0v) is 21.2. The number of aromatic nitrogens is 5. The Labute approximate surface area is 221 Å². The number of nitrogens with two attached hydrogens (primary N) is 1. The van der Waals surface area contributed by atoms with Crippen molar-refractivity contribution in [1.29, 1.82) is 0 Å². The molecule has 0 fully saturated rings. The molecule has 0 atom stereocenters. The van der Waals surface area contributed by atoms with Gasteiger partial charge in [-0.25, -0.2) is 9.55 Å². The third-order valence-corrected chi connectivity index (χ3v) is 5.67. The van der Waals surface area contributed by atoms with Crippen molar-refractivity contribution in [3.63, 3.8) is 0 Å². The summed E-state index contributed by atoms with van der Waals surface area (Å²) >= 11 is 17.5. The lowest BCUT2D eigenvalue weighted by Gasteiger charge is -2.13. The van der Waals surface area contributed by atoms with E-state index in [4.69, 9.17) is 46.1 Å². The van der Waals surface area contributed by atoms with E-state index in [1.54, 1.807) is 25.1 Å². The van der Waals surface area contributed by atoms with Crippen molar-refractivity contribution < 1.29 is 0 Å². The fourth-order valence-corrected chi connectivity index (χ4v) is 4.35. The van der Waals surface area contributed by atoms with Gasteiger partial charge in [0, 0.05) is 27.1 Å². The molecule has 0 aliphatic carbocycles. The maximum Gasteiger partial charge on any atom is 0.242 e. The van der Waals surface area contributed by atoms with Crippen LogP contribution >= 0.6 is 35.4 Å². The highest BCUT2D eigenvalue weighted by molar-refractivity contribution is 7.80. The number of anilines is 5. The molecule has 0 amide bonds. The van der Waals surface area contributed by atoms with Gasteiger partial charge in [0.2, 0.25) is 17.8 Å². The van der Waals surface area contributed by atoms with Crippen LogP contribution in [-0.2, 0) is 0 Å². The number of thiocarbonyl (C=S) groups is 1. The fraction of sp³-hybridized carbons (Fsp3) is 0.0417. The minimum Gasteiger partial charge on any atom is -0.368 e. The standard InChI is InChI=1S/C24H19Cl2N9S/c1-13-28-21(27)34-22(29-13)35-20-5-3-2-4-19(20)33-23(35)30-16-6-8-17(9-7-16)31-24(36)32-18-11-14(25)10-15(26)12-18/h2-12H,1H3,(H,30,33)(H2,31,32,36)(H2,27,28,29,34). The molecule has 2 aromatic heterocycles. The number of benzene rings is 3. The molecule has 0 saturated carbocycles. The molecule has 36 heavy (non-hydrogen) atoms. The van der Waals surface area contributed by atoms with Crippen molar-refractivity contribution in [2.24, 2.45) is 0 Å². The molecule has 0 aliphatic heterocycles. The molecule has 0 radical (unpaired) electrons. The molecule has 0 unspecified atom stereocenters. The average molecular weight is 536 g/mol. The molecule has 0 aliphatic rings. The Kier molecular flexibility index (Phi) is 6.55. The maximum atomic E-state index is 6.05. The van der Waals surface area contributed by atoms with E-state index in [2.05, 4.69) is 30.9 Å². The summed E-state index contributed by atoms with van der Waals surface area (Å²) in [5, 5.41) is 11.0. The molecule has 0 saturated heterocycles. The first-order valence-electron chi connectivity index (χ1n) is 10.7. The third-order valence-electron chi connectivity index (χ3n) is 5.03. The minimum atomic E-state index is 0.140. The molecule has 180 valence electrons. The minimum absolute atomic E-state index is 0.140. The van der Waals surface area contributed by atoms with E-state index in [0.29, 0.717) is 38.6 Å². The van der Waals surface area contributed by atoms with Gasteiger partial charge in [0.05, 0.1) is 11.0 Å². The molecule has 3 aromatic carbocycles. The highest BCUT2D eigenvalue weighted by atomic mass is 35.5. The van der Waals surface area contributed by atoms with Crippen LogP contribution in [0, 0.1) is 6.92 Å². The van der Waals surface area contributed by atoms with Gasteiger partial charge in [0.15, 0.2) is 5.11 Å². The van der Waals surface area contributed by atoms with Gasteiger partial charge in [-0.2, -0.15) is 15.0 Å². The molecule has 5 aromatic rings. The van der Waals surface area contributed by atoms with E-state index in [9.17, 15) is 0 Å². The molecule has 9 nitrogen and oxygen atoms in total. The van der Waals surface area contributed by atoms with Gasteiger partial charge in [-0.15, -0.1) is 0 Å². The predicted molar refractivity (Wildman–Crippen MR) is 150 cm³/mol. The Morgan fingerprint density at radius 1 is 0.833 bits per heavy atom. The van der Waals surface area contributed by atoms with Crippen LogP contribution in [0.3, 0.4) is 0 Å². The van der Waals surface area contributed by atoms with Crippen LogP contribution in [0.25, 0.3) is 17.0 Å². The van der Waals surface area contributed by atoms with Crippen molar-refractivity contribution in [3.8, 4) is 5.95 Å². The van der Waals surface area contributed by atoms with Crippen molar-refractivity contribution in [2.45, 2.75) is 6.92 Å². The Bertz CT molecular complexity index is 1540. The Morgan fingerprint density at radius 2 is 1.50 bits per heavy atom. The zero-order chi connectivity index (χ0) is 25.2. The second-order valence-electron chi connectivity index (χ2n) is 7.74. The average Bonchev–Trinajstić information content (AvgIpc) is 3.17. The number of para-hydroxylation sites is 2. The van der Waals surface area contributed by atoms with Crippen molar-refractivity contribution in [1.82, 2.24) is 24.5 Å². The SMILES string of the molecule is Cc1nc(N)nc(-n2c(Nc3ccc(NC(=S)Nc4cc(Cl)cc(Cl)c4)cc3)nc3ccccc32)n1. The largest absolute Gasteiger partial charge is 0.368 e. The number of imidazole rings is 1. The van der Waals surface area contributed by atoms with Crippen LogP contribution < -0.4 is 21.7 Å². The van der Waals surface area contributed by atoms with Gasteiger partial charge in [-0.1, -0.05) is 35.3 Å². The first-order valence-corrected chi connectivity index (χ1v) is 11.9. The monoisotopic (exact) mass is 535 g/mol. The van der Waals surface area contributed by atoms with E-state index >= 15 is 0 Å². The van der Waals surface area contributed by atoms with Gasteiger partial charge >= 0.3 is 0 Å². The molecule has 5 N–H and O–H groups in total. The third kappa shape index (κ3) is 5.30. The van der Waals surface area contributed by atoms with Crippen LogP contribution in [0.15, 0.2) is 66.7 Å². The van der Waals surface area contributed by atoms with Crippen LogP contribution in [0.2, 0.25) is 10.0 Å². The number of nitrogens with zero attached hydrogens (tertiary/aromatic N) is 5. The number of aryl methyl sites for hydroxylation is 1. The summed E-state index contributed by atoms with van der Waals surface area (Å²) in [5.74, 6) is 1.58. The number of fused-ring (bicyclic) bond motifs is 1. The zero-order valence-electron chi connectivity index (χ0n) is 18.8. The van der Waals surface area contributed by atoms with E-state index in [1.165, 1.54) is 0 Å². The second-order valence-corrected chi connectivity index (χ2v) is 9.02. The van der Waals surface area contributed by atoms with Gasteiger partial charge < -0.3 is 21.7 Å². The Balaban J connectivity index is 1.36. The number of nitrogen functional groups attached to an aromatic ring is 1. The summed E-state index contributed by atoms with van der Waals surface area (Å²) in [6.07, 6.45) is 0. The van der Waals surface area contributed by atoms with Crippen LogP contribution in [0.5, 0.6) is 0 Å². The van der Waals surface area contributed by atoms with E-state index in [1.807, 2.05) is 53.1 Å². The molecular formula is C24H19Cl2N9S. The fourth-order valence-electron chi connectivity index (χ4n) is 3.59. The first kappa shape index (κ1) is 23.7. The van der Waals surface area contributed by atoms with Crippen LogP contribution in [0.1, 0.15) is 5.82 Å². The lowest BCUT2D eigenvalue weighted by Crippen LogP contribution is -2.19. The second kappa shape index (κ2) is 9.94. The van der Waals surface area contributed by atoms with E-state index in [-0.39, 0.29) is 5.95 Å². The van der Waals surface area contributed by atoms with Gasteiger partial charge in [-0.3, -0.25) is 0 Å². The normalized spacial score (nSPS) is 10.9. The van der Waals surface area contributed by atoms with Gasteiger partial charge in [-0.05, 0) is 73.7 Å². The number of hydrogen-bond acceptors (Lipinski definition) is 7. The topological polar surface area (TPSA) is 119 Å². The summed E-state index contributed by atoms with van der Waals surface area (Å²) in [7, 11) is 0. The number of hydrogen-bond donors (Lipinski definition) is 4. The van der Waals surface area contributed by atoms with Gasteiger partial charge in [0.25, 0.3) is 0 Å². The van der Waals surface area contributed by atoms with Crippen molar-refractivity contribution in [2.75, 3.05) is 21.7 Å². The highest BCUT2D eigenvalue weighted by Gasteiger charge is 2.16. The lowest BCUT2D eigenvalue weighted by atomic mass is 10.3. The lowest BCUT2D eigenvalue weighted by molar-refractivity contribution is 0.894. The van der Waals surface area contributed by atoms with E-state index < -0.39 is 0 Å². The van der Waals surface area contributed by atoms with Crippen molar-refractivity contribution in [3.05, 3.63) is 82.6 Å². The molecule has 0 spiro atoms. The van der Waals surface area contributed by atoms with Gasteiger partial charge in [0.1, 0.15) is 5.82 Å². The van der Waals surface area contributed by atoms with Crippen LogP contribution in [0.4, 0.5) is 29.0 Å². The van der Waals surface area contributed by atoms with E-state index in [0.717, 1.165) is 22.4 Å². The summed E-state index contributed by atoms with van der Waals surface area (Å²) in [6.45, 7) is 1.76. The molecule has 12 heteroatoms. The first-order chi connectivity index (χ1) is 17.3.